The van der Waals surface area contributed by atoms with E-state index >= 15 is 0 Å². The number of benzene rings is 2. The van der Waals surface area contributed by atoms with Crippen LogP contribution >= 0.6 is 15.9 Å². The van der Waals surface area contributed by atoms with Gasteiger partial charge in [-0.15, -0.1) is 0 Å². The monoisotopic (exact) mass is 338 g/mol. The van der Waals surface area contributed by atoms with Gasteiger partial charge in [-0.05, 0) is 30.2 Å². The fourth-order valence-electron chi connectivity index (χ4n) is 2.13. The Morgan fingerprint density at radius 1 is 1.30 bits per heavy atom. The van der Waals surface area contributed by atoms with Gasteiger partial charge < -0.3 is 4.74 Å². The molecule has 0 amide bonds. The molecule has 0 fully saturated rings. The number of halogens is 2. The van der Waals surface area contributed by atoms with E-state index in [-0.39, 0.29) is 11.9 Å². The molecule has 0 spiro atoms. The first-order valence-corrected chi connectivity index (χ1v) is 6.98. The molecule has 0 aliphatic heterocycles. The lowest BCUT2D eigenvalue weighted by Crippen LogP contribution is -2.30. The van der Waals surface area contributed by atoms with Gasteiger partial charge in [-0.25, -0.2) is 4.39 Å². The zero-order valence-corrected chi connectivity index (χ0v) is 12.7. The summed E-state index contributed by atoms with van der Waals surface area (Å²) in [5.41, 5.74) is 4.17. The van der Waals surface area contributed by atoms with Crippen molar-refractivity contribution < 1.29 is 9.13 Å². The molecule has 1 atom stereocenters. The molecule has 2 rings (SSSR count). The summed E-state index contributed by atoms with van der Waals surface area (Å²) in [5, 5.41) is 0. The third-order valence-corrected chi connectivity index (χ3v) is 3.65. The molecule has 0 bridgehead atoms. The molecule has 3 N–H and O–H groups in total. The van der Waals surface area contributed by atoms with Crippen molar-refractivity contribution in [1.29, 1.82) is 0 Å². The molecule has 1 unspecified atom stereocenters. The predicted octanol–water partition coefficient (Wildman–Crippen LogP) is 3.34. The first kappa shape index (κ1) is 15.0. The molecule has 0 heterocycles. The van der Waals surface area contributed by atoms with Gasteiger partial charge in [0.05, 0.1) is 13.2 Å². The third kappa shape index (κ3) is 3.36. The van der Waals surface area contributed by atoms with Crippen LogP contribution < -0.4 is 16.0 Å². The number of hydrogen-bond donors (Lipinski definition) is 2. The van der Waals surface area contributed by atoms with Gasteiger partial charge in [-0.1, -0.05) is 40.2 Å². The summed E-state index contributed by atoms with van der Waals surface area (Å²) in [6.45, 7) is 0. The minimum Gasteiger partial charge on any atom is -0.496 e. The van der Waals surface area contributed by atoms with Gasteiger partial charge in [0.15, 0.2) is 0 Å². The SMILES string of the molecule is COc1ccccc1CC(NN)c1ccc(Br)cc1F. The molecule has 0 radical (unpaired) electrons. The van der Waals surface area contributed by atoms with Crippen molar-refractivity contribution in [3.8, 4) is 5.75 Å². The van der Waals surface area contributed by atoms with E-state index in [2.05, 4.69) is 21.4 Å². The number of ether oxygens (including phenoxy) is 1. The number of hydrazine groups is 1. The number of methoxy groups -OCH3 is 1. The topological polar surface area (TPSA) is 47.3 Å². The average Bonchev–Trinajstić information content (AvgIpc) is 2.46. The van der Waals surface area contributed by atoms with Crippen LogP contribution in [0, 0.1) is 5.82 Å². The van der Waals surface area contributed by atoms with E-state index in [1.54, 1.807) is 19.2 Å². The highest BCUT2D eigenvalue weighted by atomic mass is 79.9. The second-order valence-corrected chi connectivity index (χ2v) is 5.32. The van der Waals surface area contributed by atoms with Crippen LogP contribution in [0.3, 0.4) is 0 Å². The van der Waals surface area contributed by atoms with Crippen LogP contribution in [0.1, 0.15) is 17.2 Å². The van der Waals surface area contributed by atoms with Gasteiger partial charge in [0, 0.05) is 10.0 Å². The highest BCUT2D eigenvalue weighted by Crippen LogP contribution is 2.27. The molecule has 2 aromatic carbocycles. The summed E-state index contributed by atoms with van der Waals surface area (Å²) in [5.74, 6) is 6.06. The van der Waals surface area contributed by atoms with Crippen LogP contribution in [0.5, 0.6) is 5.75 Å². The van der Waals surface area contributed by atoms with Gasteiger partial charge in [0.2, 0.25) is 0 Å². The molecule has 20 heavy (non-hydrogen) atoms. The molecule has 2 aromatic rings. The van der Waals surface area contributed by atoms with Crippen molar-refractivity contribution in [1.82, 2.24) is 5.43 Å². The minimum atomic E-state index is -0.320. The number of para-hydroxylation sites is 1. The molecule has 0 aromatic heterocycles. The van der Waals surface area contributed by atoms with E-state index in [1.807, 2.05) is 24.3 Å². The Bertz CT molecular complexity index is 592. The van der Waals surface area contributed by atoms with Crippen LogP contribution in [0.2, 0.25) is 0 Å². The molecular weight excluding hydrogens is 323 g/mol. The molecule has 0 aliphatic rings. The summed E-state index contributed by atoms with van der Waals surface area (Å²) >= 11 is 3.25. The van der Waals surface area contributed by atoms with Gasteiger partial charge >= 0.3 is 0 Å². The molecule has 0 saturated carbocycles. The third-order valence-electron chi connectivity index (χ3n) is 3.16. The Labute approximate surface area is 126 Å². The van der Waals surface area contributed by atoms with Crippen LogP contribution in [0.15, 0.2) is 46.9 Å². The molecule has 106 valence electrons. The summed E-state index contributed by atoms with van der Waals surface area (Å²) in [6, 6.07) is 12.3. The Morgan fingerprint density at radius 2 is 2.05 bits per heavy atom. The predicted molar refractivity (Wildman–Crippen MR) is 80.9 cm³/mol. The van der Waals surface area contributed by atoms with Gasteiger partial charge in [0.25, 0.3) is 0 Å². The van der Waals surface area contributed by atoms with E-state index in [4.69, 9.17) is 10.6 Å². The highest BCUT2D eigenvalue weighted by Gasteiger charge is 2.17. The lowest BCUT2D eigenvalue weighted by atomic mass is 9.98. The number of hydrogen-bond acceptors (Lipinski definition) is 3. The Hall–Kier alpha value is -1.43. The average molecular weight is 339 g/mol. The summed E-state index contributed by atoms with van der Waals surface area (Å²) in [6.07, 6.45) is 0.541. The van der Waals surface area contributed by atoms with Gasteiger partial charge in [-0.3, -0.25) is 11.3 Å². The van der Waals surface area contributed by atoms with E-state index in [9.17, 15) is 4.39 Å². The van der Waals surface area contributed by atoms with Gasteiger partial charge in [-0.2, -0.15) is 0 Å². The van der Waals surface area contributed by atoms with E-state index < -0.39 is 0 Å². The Balaban J connectivity index is 2.29. The maximum absolute atomic E-state index is 14.0. The lowest BCUT2D eigenvalue weighted by Gasteiger charge is -2.18. The second kappa shape index (κ2) is 6.83. The minimum absolute atomic E-state index is 0.294. The molecule has 5 heteroatoms. The number of rotatable bonds is 5. The summed E-state index contributed by atoms with van der Waals surface area (Å²) in [7, 11) is 1.62. The first-order valence-electron chi connectivity index (χ1n) is 6.18. The van der Waals surface area contributed by atoms with Crippen LogP contribution in [-0.2, 0) is 6.42 Å². The van der Waals surface area contributed by atoms with Crippen molar-refractivity contribution >= 4 is 15.9 Å². The van der Waals surface area contributed by atoms with Gasteiger partial charge in [0.1, 0.15) is 11.6 Å². The summed E-state index contributed by atoms with van der Waals surface area (Å²) < 4.78 is 20.0. The fourth-order valence-corrected chi connectivity index (χ4v) is 2.47. The van der Waals surface area contributed by atoms with Crippen LogP contribution in [0.25, 0.3) is 0 Å². The van der Waals surface area contributed by atoms with E-state index in [0.29, 0.717) is 16.5 Å². The zero-order chi connectivity index (χ0) is 14.5. The quantitative estimate of drug-likeness (QED) is 0.649. The smallest absolute Gasteiger partial charge is 0.129 e. The van der Waals surface area contributed by atoms with E-state index in [0.717, 1.165) is 11.3 Å². The van der Waals surface area contributed by atoms with Crippen LogP contribution in [-0.4, -0.2) is 7.11 Å². The van der Waals surface area contributed by atoms with Crippen molar-refractivity contribution in [3.05, 3.63) is 63.9 Å². The van der Waals surface area contributed by atoms with E-state index in [1.165, 1.54) is 6.07 Å². The normalized spacial score (nSPS) is 12.2. The fraction of sp³-hybridized carbons (Fsp3) is 0.200. The highest BCUT2D eigenvalue weighted by molar-refractivity contribution is 9.10. The zero-order valence-electron chi connectivity index (χ0n) is 11.1. The molecule has 0 aliphatic carbocycles. The van der Waals surface area contributed by atoms with Crippen molar-refractivity contribution in [3.63, 3.8) is 0 Å². The maximum Gasteiger partial charge on any atom is 0.129 e. The largest absolute Gasteiger partial charge is 0.496 e. The van der Waals surface area contributed by atoms with Crippen molar-refractivity contribution in [2.24, 2.45) is 5.84 Å². The number of nitrogens with one attached hydrogen (secondary N) is 1. The Morgan fingerprint density at radius 3 is 2.70 bits per heavy atom. The molecule has 3 nitrogen and oxygen atoms in total. The molecule has 0 saturated heterocycles. The number of nitrogens with two attached hydrogens (primary N) is 1. The maximum atomic E-state index is 14.0. The Kier molecular flexibility index (Phi) is 5.11. The molecular formula is C15H16BrFN2O. The summed E-state index contributed by atoms with van der Waals surface area (Å²) in [4.78, 5) is 0. The lowest BCUT2D eigenvalue weighted by molar-refractivity contribution is 0.404. The second-order valence-electron chi connectivity index (χ2n) is 4.40. The van der Waals surface area contributed by atoms with Crippen molar-refractivity contribution in [2.45, 2.75) is 12.5 Å². The first-order chi connectivity index (χ1) is 9.65. The van der Waals surface area contributed by atoms with Crippen LogP contribution in [0.4, 0.5) is 4.39 Å². The van der Waals surface area contributed by atoms with Crippen molar-refractivity contribution in [2.75, 3.05) is 7.11 Å². The standard InChI is InChI=1S/C15H16BrFN2O/c1-20-15-5-3-2-4-10(15)8-14(19-18)12-7-6-11(16)9-13(12)17/h2-7,9,14,19H,8,18H2,1H3.